The number of nitrogens with zero attached hydrogens (tertiary/aromatic N) is 2. The maximum Gasteiger partial charge on any atom is 0.249 e. The minimum atomic E-state index is -0.162. The van der Waals surface area contributed by atoms with Crippen LogP contribution < -0.4 is 21.3 Å². The molecule has 0 bridgehead atoms. The lowest BCUT2D eigenvalue weighted by Crippen LogP contribution is -2.60. The van der Waals surface area contributed by atoms with Crippen LogP contribution in [-0.4, -0.2) is 11.3 Å². The molecule has 400 valence electrons. The fraction of sp³-hybridized carbons (Fsp3) is 0.100. The van der Waals surface area contributed by atoms with Gasteiger partial charge in [-0.1, -0.05) is 265 Å². The highest BCUT2D eigenvalue weighted by molar-refractivity contribution is 8.00. The molecular weight excluding hydrogens is 1030 g/mol. The smallest absolute Gasteiger partial charge is 0.249 e. The average molecular weight is 1090 g/mol. The Labute approximate surface area is 496 Å². The second-order valence-corrected chi connectivity index (χ2v) is 26.2. The van der Waals surface area contributed by atoms with Gasteiger partial charge >= 0.3 is 0 Å². The normalized spacial score (nSPS) is 13.0. The molecule has 0 amide bonds. The summed E-state index contributed by atoms with van der Waals surface area (Å²) in [5.41, 5.74) is 23.3. The molecule has 0 atom stereocenters. The van der Waals surface area contributed by atoms with Crippen molar-refractivity contribution in [3.8, 4) is 50.2 Å². The summed E-state index contributed by atoms with van der Waals surface area (Å²) in [5.74, 6) is 0. The van der Waals surface area contributed by atoms with Crippen molar-refractivity contribution in [2.24, 2.45) is 0 Å². The fourth-order valence-corrected chi connectivity index (χ4v) is 15.3. The molecule has 2 aliphatic heterocycles. The van der Waals surface area contributed by atoms with E-state index in [2.05, 4.69) is 312 Å². The van der Waals surface area contributed by atoms with Crippen LogP contribution in [0.1, 0.15) is 52.7 Å². The number of benzene rings is 13. The highest BCUT2D eigenvalue weighted by Crippen LogP contribution is 2.53. The van der Waals surface area contributed by atoms with E-state index in [4.69, 9.17) is 0 Å². The monoisotopic (exact) mass is 1090 g/mol. The first-order chi connectivity index (χ1) is 41.0. The fourth-order valence-electron chi connectivity index (χ4n) is 14.1. The van der Waals surface area contributed by atoms with E-state index in [1.54, 1.807) is 0 Å². The van der Waals surface area contributed by atoms with E-state index in [9.17, 15) is 0 Å². The zero-order valence-electron chi connectivity index (χ0n) is 48.2. The Morgan fingerprint density at radius 1 is 0.345 bits per heavy atom. The largest absolute Gasteiger partial charge is 0.310 e. The molecule has 0 N–H and O–H groups in total. The van der Waals surface area contributed by atoms with Gasteiger partial charge in [-0.15, -0.1) is 0 Å². The Kier molecular flexibility index (Phi) is 11.5. The molecule has 0 saturated heterocycles. The predicted molar refractivity (Wildman–Crippen MR) is 362 cm³/mol. The standard InChI is InChI=1S/C80H61BN2S/c1-79(2,3)54-45-65(51-24-9-7-10-25-51)78(66(46-54)52-26-11-8-12-27-52)83-71-44-53(75-61-33-15-17-35-63(61)76(64-36-18-16-34-62(64)75)60-37-23-29-50-28-13-14-30-57(50)60)40-42-67(71)81-68-43-41-56(82-69-38-21-19-31-58(69)59-32-20-22-39-70(59)82)49-73(68)84-74-48-55(80(4,5)6)47-72(83)77(74)81/h7-49H,1-6H3. The van der Waals surface area contributed by atoms with Crippen LogP contribution in [0.4, 0.5) is 17.1 Å². The van der Waals surface area contributed by atoms with Gasteiger partial charge in [-0.05, 0) is 153 Å². The number of anilines is 3. The topological polar surface area (TPSA) is 8.17 Å². The average Bonchev–Trinajstić information content (AvgIpc) is 0.967. The van der Waals surface area contributed by atoms with Crippen molar-refractivity contribution in [3.05, 3.63) is 272 Å². The summed E-state index contributed by atoms with van der Waals surface area (Å²) in [6.07, 6.45) is 0. The molecule has 4 heteroatoms. The highest BCUT2D eigenvalue weighted by atomic mass is 32.2. The minimum Gasteiger partial charge on any atom is -0.310 e. The van der Waals surface area contributed by atoms with Crippen molar-refractivity contribution >= 4 is 106 Å². The number of para-hydroxylation sites is 2. The van der Waals surface area contributed by atoms with Crippen LogP contribution in [-0.2, 0) is 10.8 Å². The Morgan fingerprint density at radius 2 is 0.845 bits per heavy atom. The van der Waals surface area contributed by atoms with Gasteiger partial charge in [-0.25, -0.2) is 0 Å². The Morgan fingerprint density at radius 3 is 1.44 bits per heavy atom. The molecule has 1 aromatic heterocycles. The lowest BCUT2D eigenvalue weighted by atomic mass is 9.34. The molecule has 84 heavy (non-hydrogen) atoms. The van der Waals surface area contributed by atoms with Gasteiger partial charge < -0.3 is 9.47 Å². The summed E-state index contributed by atoms with van der Waals surface area (Å²) in [6.45, 7) is 14.1. The van der Waals surface area contributed by atoms with Crippen LogP contribution in [0.15, 0.2) is 271 Å². The van der Waals surface area contributed by atoms with Crippen LogP contribution in [0.25, 0.3) is 104 Å². The second kappa shape index (κ2) is 19.1. The molecule has 2 nitrogen and oxygen atoms in total. The van der Waals surface area contributed by atoms with Crippen molar-refractivity contribution in [1.29, 1.82) is 0 Å². The maximum atomic E-state index is 2.72. The van der Waals surface area contributed by atoms with Crippen LogP contribution in [0, 0.1) is 0 Å². The molecule has 14 aromatic rings. The molecule has 0 spiro atoms. The third kappa shape index (κ3) is 7.87. The third-order valence-electron chi connectivity index (χ3n) is 18.1. The zero-order chi connectivity index (χ0) is 56.6. The van der Waals surface area contributed by atoms with Crippen LogP contribution in [0.2, 0.25) is 0 Å². The van der Waals surface area contributed by atoms with Gasteiger partial charge in [0.25, 0.3) is 0 Å². The minimum absolute atomic E-state index is 0.0517. The third-order valence-corrected chi connectivity index (χ3v) is 19.2. The van der Waals surface area contributed by atoms with Gasteiger partial charge in [0.05, 0.1) is 16.7 Å². The van der Waals surface area contributed by atoms with E-state index in [1.165, 1.54) is 159 Å². The summed E-state index contributed by atoms with van der Waals surface area (Å²) in [5, 5.41) is 10.00. The van der Waals surface area contributed by atoms with Gasteiger partial charge in [0, 0.05) is 48.8 Å². The molecule has 0 aliphatic carbocycles. The SMILES string of the molecule is CC(C)(C)c1cc(-c2ccccc2)c(N2c3cc(-c4c5ccccc5c(-c5cccc6ccccc56)c5ccccc45)ccc3B3c4ccc(-n5c6ccccc6c6ccccc65)cc4Sc4cc(C(C)(C)C)cc2c43)c(-c2ccccc2)c1. The summed E-state index contributed by atoms with van der Waals surface area (Å²) in [6, 6.07) is 98.9. The van der Waals surface area contributed by atoms with E-state index in [0.29, 0.717) is 0 Å². The van der Waals surface area contributed by atoms with E-state index in [-0.39, 0.29) is 17.5 Å². The van der Waals surface area contributed by atoms with Gasteiger partial charge in [0.2, 0.25) is 6.71 Å². The number of hydrogen-bond acceptors (Lipinski definition) is 2. The predicted octanol–water partition coefficient (Wildman–Crippen LogP) is 20.3. The van der Waals surface area contributed by atoms with E-state index < -0.39 is 0 Å². The summed E-state index contributed by atoms with van der Waals surface area (Å²) >= 11 is 1.94. The molecule has 13 aromatic carbocycles. The summed E-state index contributed by atoms with van der Waals surface area (Å²) in [7, 11) is 0. The van der Waals surface area contributed by atoms with E-state index in [0.717, 1.165) is 0 Å². The molecule has 0 saturated carbocycles. The van der Waals surface area contributed by atoms with Crippen molar-refractivity contribution in [1.82, 2.24) is 4.57 Å². The number of rotatable bonds is 6. The first kappa shape index (κ1) is 50.4. The molecule has 3 heterocycles. The Hall–Kier alpha value is -9.35. The van der Waals surface area contributed by atoms with Crippen molar-refractivity contribution in [2.75, 3.05) is 4.90 Å². The summed E-state index contributed by atoms with van der Waals surface area (Å²) in [4.78, 5) is 5.31. The number of fused-ring (bicyclic) bond motifs is 10. The Balaban J connectivity index is 1.02. The molecule has 0 radical (unpaired) electrons. The molecule has 16 rings (SSSR count). The lowest BCUT2D eigenvalue weighted by Gasteiger charge is -2.43. The van der Waals surface area contributed by atoms with Crippen molar-refractivity contribution in [3.63, 3.8) is 0 Å². The summed E-state index contributed by atoms with van der Waals surface area (Å²) < 4.78 is 2.47. The molecular formula is C80H61BN2S. The van der Waals surface area contributed by atoms with Crippen LogP contribution >= 0.6 is 11.8 Å². The maximum absolute atomic E-state index is 2.72. The molecule has 0 fully saturated rings. The van der Waals surface area contributed by atoms with Gasteiger partial charge in [-0.3, -0.25) is 0 Å². The van der Waals surface area contributed by atoms with Crippen LogP contribution in [0.3, 0.4) is 0 Å². The first-order valence-electron chi connectivity index (χ1n) is 29.6. The zero-order valence-corrected chi connectivity index (χ0v) is 49.0. The van der Waals surface area contributed by atoms with Gasteiger partial charge in [0.1, 0.15) is 0 Å². The number of aromatic nitrogens is 1. The molecule has 2 aliphatic rings. The Bertz CT molecular complexity index is 4840. The van der Waals surface area contributed by atoms with Crippen molar-refractivity contribution in [2.45, 2.75) is 62.2 Å². The highest BCUT2D eigenvalue weighted by Gasteiger charge is 2.43. The first-order valence-corrected chi connectivity index (χ1v) is 30.4. The second-order valence-electron chi connectivity index (χ2n) is 25.2. The van der Waals surface area contributed by atoms with Crippen LogP contribution in [0.5, 0.6) is 0 Å². The van der Waals surface area contributed by atoms with E-state index in [1.807, 2.05) is 11.8 Å². The lowest BCUT2D eigenvalue weighted by molar-refractivity contribution is 0.589. The van der Waals surface area contributed by atoms with Gasteiger partial charge in [-0.2, -0.15) is 0 Å². The number of hydrogen-bond donors (Lipinski definition) is 0. The quantitative estimate of drug-likeness (QED) is 0.121. The molecule has 0 unspecified atom stereocenters. The van der Waals surface area contributed by atoms with E-state index >= 15 is 0 Å². The van der Waals surface area contributed by atoms with Gasteiger partial charge in [0.15, 0.2) is 0 Å². The van der Waals surface area contributed by atoms with Crippen molar-refractivity contribution < 1.29 is 0 Å².